The van der Waals surface area contributed by atoms with Crippen LogP contribution in [0, 0.1) is 17.3 Å². The van der Waals surface area contributed by atoms with Crippen LogP contribution in [0.25, 0.3) is 5.69 Å². The summed E-state index contributed by atoms with van der Waals surface area (Å²) in [5.41, 5.74) is 1.40. The van der Waals surface area contributed by atoms with Crippen LogP contribution in [0.4, 0.5) is 0 Å². The lowest BCUT2D eigenvalue weighted by molar-refractivity contribution is 0.192. The van der Waals surface area contributed by atoms with E-state index in [0.29, 0.717) is 5.41 Å². The third kappa shape index (κ3) is 2.22. The van der Waals surface area contributed by atoms with Gasteiger partial charge in [-0.2, -0.15) is 4.68 Å². The Hall–Kier alpha value is -1.23. The Morgan fingerprint density at radius 3 is 2.76 bits per heavy atom. The minimum Gasteiger partial charge on any atom is -0.197 e. The van der Waals surface area contributed by atoms with E-state index in [4.69, 9.17) is 0 Å². The van der Waals surface area contributed by atoms with Gasteiger partial charge < -0.3 is 0 Å². The molecular formula is C16H19BrN4. The SMILES string of the molecule is BrCC1(Cc2nnnn2-c2ccccc2)CC2CCC1C2. The first-order chi connectivity index (χ1) is 10.3. The zero-order chi connectivity index (χ0) is 14.3. The third-order valence-electron chi connectivity index (χ3n) is 5.41. The van der Waals surface area contributed by atoms with Crippen LogP contribution in [0.5, 0.6) is 0 Å². The molecule has 0 amide bonds. The van der Waals surface area contributed by atoms with E-state index in [2.05, 4.69) is 43.6 Å². The van der Waals surface area contributed by atoms with E-state index < -0.39 is 0 Å². The molecule has 2 aliphatic carbocycles. The molecule has 0 spiro atoms. The number of hydrogen-bond donors (Lipinski definition) is 0. The van der Waals surface area contributed by atoms with Gasteiger partial charge in [0, 0.05) is 11.8 Å². The predicted octanol–water partition coefficient (Wildman–Crippen LogP) is 3.41. The van der Waals surface area contributed by atoms with Gasteiger partial charge in [0.1, 0.15) is 0 Å². The van der Waals surface area contributed by atoms with E-state index in [1.54, 1.807) is 0 Å². The molecule has 0 N–H and O–H groups in total. The van der Waals surface area contributed by atoms with Crippen LogP contribution in [-0.2, 0) is 6.42 Å². The number of aromatic nitrogens is 4. The van der Waals surface area contributed by atoms with E-state index in [-0.39, 0.29) is 0 Å². The number of alkyl halides is 1. The maximum Gasteiger partial charge on any atom is 0.157 e. The van der Waals surface area contributed by atoms with Crippen molar-refractivity contribution in [2.24, 2.45) is 17.3 Å². The maximum atomic E-state index is 4.31. The number of nitrogens with zero attached hydrogens (tertiary/aromatic N) is 4. The van der Waals surface area contributed by atoms with E-state index in [1.807, 2.05) is 22.9 Å². The van der Waals surface area contributed by atoms with Gasteiger partial charge in [0.25, 0.3) is 0 Å². The van der Waals surface area contributed by atoms with Crippen LogP contribution < -0.4 is 0 Å². The summed E-state index contributed by atoms with van der Waals surface area (Å²) >= 11 is 3.78. The van der Waals surface area contributed by atoms with Gasteiger partial charge in [0.15, 0.2) is 5.82 Å². The van der Waals surface area contributed by atoms with E-state index in [1.165, 1.54) is 25.7 Å². The van der Waals surface area contributed by atoms with Gasteiger partial charge in [-0.05, 0) is 59.1 Å². The lowest BCUT2D eigenvalue weighted by Crippen LogP contribution is -2.33. The Bertz CT molecular complexity index is 626. The second kappa shape index (κ2) is 5.20. The molecule has 2 saturated carbocycles. The predicted molar refractivity (Wildman–Crippen MR) is 84.5 cm³/mol. The molecule has 21 heavy (non-hydrogen) atoms. The molecule has 2 bridgehead atoms. The fraction of sp³-hybridized carbons (Fsp3) is 0.562. The molecule has 5 heteroatoms. The first-order valence-electron chi connectivity index (χ1n) is 7.69. The molecule has 0 saturated heterocycles. The highest BCUT2D eigenvalue weighted by Crippen LogP contribution is 2.57. The first kappa shape index (κ1) is 13.4. The zero-order valence-corrected chi connectivity index (χ0v) is 13.5. The Morgan fingerprint density at radius 2 is 2.10 bits per heavy atom. The smallest absolute Gasteiger partial charge is 0.157 e. The largest absolute Gasteiger partial charge is 0.197 e. The van der Waals surface area contributed by atoms with E-state index in [0.717, 1.165) is 35.1 Å². The summed E-state index contributed by atoms with van der Waals surface area (Å²) in [6, 6.07) is 10.2. The van der Waals surface area contributed by atoms with E-state index in [9.17, 15) is 0 Å². The number of hydrogen-bond acceptors (Lipinski definition) is 3. The molecule has 3 unspecified atom stereocenters. The van der Waals surface area contributed by atoms with Crippen molar-refractivity contribution >= 4 is 15.9 Å². The molecular weight excluding hydrogens is 328 g/mol. The van der Waals surface area contributed by atoms with Crippen LogP contribution in [0.3, 0.4) is 0 Å². The van der Waals surface area contributed by atoms with Crippen molar-refractivity contribution in [1.82, 2.24) is 20.2 Å². The summed E-state index contributed by atoms with van der Waals surface area (Å²) < 4.78 is 1.90. The van der Waals surface area contributed by atoms with Crippen molar-refractivity contribution in [1.29, 1.82) is 0 Å². The fourth-order valence-corrected chi connectivity index (χ4v) is 5.27. The van der Waals surface area contributed by atoms with Crippen molar-refractivity contribution in [3.63, 3.8) is 0 Å². The van der Waals surface area contributed by atoms with Crippen LogP contribution in [0.2, 0.25) is 0 Å². The lowest BCUT2D eigenvalue weighted by Gasteiger charge is -2.35. The maximum absolute atomic E-state index is 4.31. The summed E-state index contributed by atoms with van der Waals surface area (Å²) in [5.74, 6) is 2.75. The molecule has 1 aromatic carbocycles. The average Bonchev–Trinajstić information content (AvgIpc) is 3.24. The van der Waals surface area contributed by atoms with Crippen molar-refractivity contribution < 1.29 is 0 Å². The second-order valence-electron chi connectivity index (χ2n) is 6.60. The molecule has 4 nitrogen and oxygen atoms in total. The number of benzene rings is 1. The number of fused-ring (bicyclic) bond motifs is 2. The molecule has 2 aliphatic rings. The van der Waals surface area contributed by atoms with Crippen LogP contribution in [0.15, 0.2) is 30.3 Å². The molecule has 0 aliphatic heterocycles. The molecule has 4 rings (SSSR count). The van der Waals surface area contributed by atoms with E-state index >= 15 is 0 Å². The molecule has 1 heterocycles. The summed E-state index contributed by atoms with van der Waals surface area (Å²) in [6.07, 6.45) is 6.50. The van der Waals surface area contributed by atoms with Crippen LogP contribution in [0.1, 0.15) is 31.5 Å². The van der Waals surface area contributed by atoms with Gasteiger partial charge in [0.2, 0.25) is 0 Å². The van der Waals surface area contributed by atoms with Crippen molar-refractivity contribution in [2.75, 3.05) is 5.33 Å². The highest BCUT2D eigenvalue weighted by molar-refractivity contribution is 9.09. The highest BCUT2D eigenvalue weighted by atomic mass is 79.9. The van der Waals surface area contributed by atoms with Gasteiger partial charge in [-0.15, -0.1) is 5.10 Å². The van der Waals surface area contributed by atoms with Gasteiger partial charge in [0.05, 0.1) is 5.69 Å². The van der Waals surface area contributed by atoms with Crippen molar-refractivity contribution in [3.8, 4) is 5.69 Å². The van der Waals surface area contributed by atoms with Gasteiger partial charge >= 0.3 is 0 Å². The zero-order valence-electron chi connectivity index (χ0n) is 12.0. The Morgan fingerprint density at radius 1 is 1.24 bits per heavy atom. The Balaban J connectivity index is 1.65. The Kier molecular flexibility index (Phi) is 3.32. The van der Waals surface area contributed by atoms with Gasteiger partial charge in [-0.3, -0.25) is 0 Å². The summed E-state index contributed by atoms with van der Waals surface area (Å²) in [5, 5.41) is 13.5. The molecule has 110 valence electrons. The minimum absolute atomic E-state index is 0.351. The lowest BCUT2D eigenvalue weighted by atomic mass is 9.72. The standard InChI is InChI=1S/C16H19BrN4/c17-11-16(9-12-6-7-13(16)8-12)10-15-18-19-20-21(15)14-4-2-1-3-5-14/h1-5,12-13H,6-11H2. The van der Waals surface area contributed by atoms with Crippen molar-refractivity contribution in [2.45, 2.75) is 32.1 Å². The van der Waals surface area contributed by atoms with Crippen LogP contribution in [-0.4, -0.2) is 25.5 Å². The molecule has 3 atom stereocenters. The summed E-state index contributed by atoms with van der Waals surface area (Å²) in [6.45, 7) is 0. The second-order valence-corrected chi connectivity index (χ2v) is 7.16. The first-order valence-corrected chi connectivity index (χ1v) is 8.81. The van der Waals surface area contributed by atoms with Crippen molar-refractivity contribution in [3.05, 3.63) is 36.2 Å². The summed E-state index contributed by atoms with van der Waals surface area (Å²) in [7, 11) is 0. The molecule has 1 aromatic heterocycles. The number of para-hydroxylation sites is 1. The third-order valence-corrected chi connectivity index (χ3v) is 6.53. The quantitative estimate of drug-likeness (QED) is 0.796. The number of rotatable bonds is 4. The van der Waals surface area contributed by atoms with Gasteiger partial charge in [-0.25, -0.2) is 0 Å². The van der Waals surface area contributed by atoms with Crippen LogP contribution >= 0.6 is 15.9 Å². The normalized spacial score (nSPS) is 30.9. The highest BCUT2D eigenvalue weighted by Gasteiger charge is 2.50. The molecule has 0 radical (unpaired) electrons. The number of halogens is 1. The Labute approximate surface area is 133 Å². The minimum atomic E-state index is 0.351. The molecule has 2 aromatic rings. The summed E-state index contributed by atoms with van der Waals surface area (Å²) in [4.78, 5) is 0. The van der Waals surface area contributed by atoms with Gasteiger partial charge in [-0.1, -0.05) is 40.5 Å². The fourth-order valence-electron chi connectivity index (χ4n) is 4.39. The monoisotopic (exact) mass is 346 g/mol. The molecule has 2 fully saturated rings. The number of tetrazole rings is 1. The topological polar surface area (TPSA) is 43.6 Å². The average molecular weight is 347 g/mol.